The van der Waals surface area contributed by atoms with E-state index in [-0.39, 0.29) is 5.82 Å². The van der Waals surface area contributed by atoms with E-state index in [0.29, 0.717) is 23.1 Å². The Bertz CT molecular complexity index is 878. The summed E-state index contributed by atoms with van der Waals surface area (Å²) in [4.78, 5) is 13.6. The molecule has 6 heteroatoms. The van der Waals surface area contributed by atoms with Crippen molar-refractivity contribution in [3.05, 3.63) is 60.5 Å². The Morgan fingerprint density at radius 1 is 1.04 bits per heavy atom. The molecule has 1 atom stereocenters. The smallest absolute Gasteiger partial charge is 0.162 e. The summed E-state index contributed by atoms with van der Waals surface area (Å²) >= 11 is 0. The fourth-order valence-electron chi connectivity index (χ4n) is 3.11. The number of nitrogens with one attached hydrogen (secondary N) is 2. The van der Waals surface area contributed by atoms with Crippen LogP contribution in [0.15, 0.2) is 54.7 Å². The number of nitrogens with zero attached hydrogens (tertiary/aromatic N) is 3. The first kappa shape index (κ1) is 16.6. The van der Waals surface area contributed by atoms with Crippen LogP contribution in [0, 0.1) is 5.82 Å². The summed E-state index contributed by atoms with van der Waals surface area (Å²) in [6.45, 7) is 1.95. The Morgan fingerprint density at radius 2 is 2.00 bits per heavy atom. The van der Waals surface area contributed by atoms with Crippen LogP contribution in [0.5, 0.6) is 0 Å². The Labute approximate surface area is 151 Å². The molecule has 5 nitrogen and oxygen atoms in total. The molecule has 132 valence electrons. The van der Waals surface area contributed by atoms with Crippen LogP contribution in [-0.2, 0) is 0 Å². The molecule has 1 aliphatic heterocycles. The van der Waals surface area contributed by atoms with Gasteiger partial charge in [0.2, 0.25) is 0 Å². The minimum Gasteiger partial charge on any atom is -0.366 e. The minimum absolute atomic E-state index is 0.305. The molecule has 0 spiro atoms. The van der Waals surface area contributed by atoms with Crippen molar-refractivity contribution in [1.29, 1.82) is 0 Å². The Morgan fingerprint density at radius 3 is 2.77 bits per heavy atom. The SMILES string of the molecule is Fc1cccc(-c2nc(NC3CCCNC3)cc(-c3ccccn3)n2)c1. The average molecular weight is 349 g/mol. The molecule has 1 aliphatic rings. The molecule has 0 saturated carbocycles. The Balaban J connectivity index is 1.74. The number of halogens is 1. The van der Waals surface area contributed by atoms with Gasteiger partial charge in [-0.1, -0.05) is 18.2 Å². The van der Waals surface area contributed by atoms with Crippen molar-refractivity contribution < 1.29 is 4.39 Å². The molecule has 26 heavy (non-hydrogen) atoms. The number of hydrogen-bond donors (Lipinski definition) is 2. The van der Waals surface area contributed by atoms with Gasteiger partial charge in [0.25, 0.3) is 0 Å². The summed E-state index contributed by atoms with van der Waals surface area (Å²) in [6.07, 6.45) is 3.95. The molecule has 2 N–H and O–H groups in total. The van der Waals surface area contributed by atoms with Crippen LogP contribution in [0.4, 0.5) is 10.2 Å². The zero-order valence-corrected chi connectivity index (χ0v) is 14.3. The number of hydrogen-bond acceptors (Lipinski definition) is 5. The number of rotatable bonds is 4. The molecule has 3 heterocycles. The summed E-state index contributed by atoms with van der Waals surface area (Å²) in [5.74, 6) is 0.910. The third kappa shape index (κ3) is 3.86. The summed E-state index contributed by atoms with van der Waals surface area (Å²) in [5.41, 5.74) is 2.12. The van der Waals surface area contributed by atoms with Gasteiger partial charge in [0, 0.05) is 30.4 Å². The summed E-state index contributed by atoms with van der Waals surface area (Å²) in [7, 11) is 0. The molecule has 0 amide bonds. The quantitative estimate of drug-likeness (QED) is 0.755. The molecule has 2 aromatic heterocycles. The second-order valence-corrected chi connectivity index (χ2v) is 6.37. The van der Waals surface area contributed by atoms with Crippen LogP contribution >= 0.6 is 0 Å². The van der Waals surface area contributed by atoms with E-state index >= 15 is 0 Å². The highest BCUT2D eigenvalue weighted by Gasteiger charge is 2.15. The molecule has 1 saturated heterocycles. The predicted octanol–water partition coefficient (Wildman–Crippen LogP) is 3.51. The van der Waals surface area contributed by atoms with E-state index in [1.54, 1.807) is 12.3 Å². The summed E-state index contributed by atoms with van der Waals surface area (Å²) < 4.78 is 13.7. The highest BCUT2D eigenvalue weighted by molar-refractivity contribution is 5.65. The predicted molar refractivity (Wildman–Crippen MR) is 100 cm³/mol. The number of piperidine rings is 1. The second kappa shape index (κ2) is 7.58. The third-order valence-electron chi connectivity index (χ3n) is 4.39. The lowest BCUT2D eigenvalue weighted by Crippen LogP contribution is -2.38. The fraction of sp³-hybridized carbons (Fsp3) is 0.250. The van der Waals surface area contributed by atoms with Crippen molar-refractivity contribution in [3.8, 4) is 22.8 Å². The van der Waals surface area contributed by atoms with Gasteiger partial charge in [-0.2, -0.15) is 0 Å². The van der Waals surface area contributed by atoms with Gasteiger partial charge in [-0.15, -0.1) is 0 Å². The van der Waals surface area contributed by atoms with Crippen LogP contribution in [0.1, 0.15) is 12.8 Å². The Kier molecular flexibility index (Phi) is 4.84. The van der Waals surface area contributed by atoms with E-state index in [9.17, 15) is 4.39 Å². The lowest BCUT2D eigenvalue weighted by Gasteiger charge is -2.24. The zero-order chi connectivity index (χ0) is 17.8. The molecule has 4 rings (SSSR count). The lowest BCUT2D eigenvalue weighted by molar-refractivity contribution is 0.479. The normalized spacial score (nSPS) is 17.0. The van der Waals surface area contributed by atoms with Gasteiger partial charge in [0.1, 0.15) is 11.6 Å². The standard InChI is InChI=1S/C20H20FN5/c21-15-6-3-5-14(11-15)20-25-18(17-8-1-2-10-23-17)12-19(26-20)24-16-7-4-9-22-13-16/h1-3,5-6,8,10-12,16,22H,4,7,9,13H2,(H,24,25,26). The second-order valence-electron chi connectivity index (χ2n) is 6.37. The van der Waals surface area contributed by atoms with Crippen LogP contribution in [0.2, 0.25) is 0 Å². The van der Waals surface area contributed by atoms with E-state index in [1.807, 2.05) is 30.3 Å². The van der Waals surface area contributed by atoms with Crippen molar-refractivity contribution >= 4 is 5.82 Å². The zero-order valence-electron chi connectivity index (χ0n) is 14.3. The molecular formula is C20H20FN5. The first-order valence-electron chi connectivity index (χ1n) is 8.81. The molecular weight excluding hydrogens is 329 g/mol. The number of anilines is 1. The van der Waals surface area contributed by atoms with Gasteiger partial charge >= 0.3 is 0 Å². The van der Waals surface area contributed by atoms with E-state index in [1.165, 1.54) is 12.1 Å². The van der Waals surface area contributed by atoms with E-state index in [4.69, 9.17) is 0 Å². The van der Waals surface area contributed by atoms with Crippen molar-refractivity contribution in [2.75, 3.05) is 18.4 Å². The molecule has 1 aromatic carbocycles. The number of benzene rings is 1. The van der Waals surface area contributed by atoms with Gasteiger partial charge in [-0.05, 0) is 43.7 Å². The Hall–Kier alpha value is -2.86. The maximum Gasteiger partial charge on any atom is 0.162 e. The molecule has 0 radical (unpaired) electrons. The van der Waals surface area contributed by atoms with Gasteiger partial charge in [-0.3, -0.25) is 4.98 Å². The summed E-state index contributed by atoms with van der Waals surface area (Å²) in [5, 5.41) is 6.87. The van der Waals surface area contributed by atoms with Crippen molar-refractivity contribution in [2.24, 2.45) is 0 Å². The van der Waals surface area contributed by atoms with Crippen LogP contribution in [0.3, 0.4) is 0 Å². The highest BCUT2D eigenvalue weighted by atomic mass is 19.1. The van der Waals surface area contributed by atoms with E-state index in [2.05, 4.69) is 25.6 Å². The molecule has 0 aliphatic carbocycles. The van der Waals surface area contributed by atoms with Crippen LogP contribution in [-0.4, -0.2) is 34.1 Å². The number of pyridine rings is 1. The molecule has 3 aromatic rings. The van der Waals surface area contributed by atoms with Crippen molar-refractivity contribution in [1.82, 2.24) is 20.3 Å². The lowest BCUT2D eigenvalue weighted by atomic mass is 10.1. The first-order chi connectivity index (χ1) is 12.8. The first-order valence-corrected chi connectivity index (χ1v) is 8.81. The minimum atomic E-state index is -0.305. The maximum absolute atomic E-state index is 13.7. The van der Waals surface area contributed by atoms with Crippen molar-refractivity contribution in [2.45, 2.75) is 18.9 Å². The summed E-state index contributed by atoms with van der Waals surface area (Å²) in [6, 6.07) is 14.3. The fourth-order valence-corrected chi connectivity index (χ4v) is 3.11. The van der Waals surface area contributed by atoms with Gasteiger partial charge in [0.05, 0.1) is 11.4 Å². The van der Waals surface area contributed by atoms with E-state index < -0.39 is 0 Å². The number of aromatic nitrogens is 3. The molecule has 1 fully saturated rings. The van der Waals surface area contributed by atoms with Crippen molar-refractivity contribution in [3.63, 3.8) is 0 Å². The van der Waals surface area contributed by atoms with Crippen LogP contribution in [0.25, 0.3) is 22.8 Å². The van der Waals surface area contributed by atoms with Gasteiger partial charge in [0.15, 0.2) is 5.82 Å². The maximum atomic E-state index is 13.7. The van der Waals surface area contributed by atoms with E-state index in [0.717, 1.165) is 37.4 Å². The topological polar surface area (TPSA) is 62.7 Å². The van der Waals surface area contributed by atoms with Gasteiger partial charge in [-0.25, -0.2) is 14.4 Å². The van der Waals surface area contributed by atoms with Crippen LogP contribution < -0.4 is 10.6 Å². The molecule has 1 unspecified atom stereocenters. The molecule has 0 bridgehead atoms. The highest BCUT2D eigenvalue weighted by Crippen LogP contribution is 2.24. The third-order valence-corrected chi connectivity index (χ3v) is 4.39. The van der Waals surface area contributed by atoms with Gasteiger partial charge < -0.3 is 10.6 Å². The average Bonchev–Trinajstić information content (AvgIpc) is 2.69. The largest absolute Gasteiger partial charge is 0.366 e. The monoisotopic (exact) mass is 349 g/mol.